The Bertz CT molecular complexity index is 1160. The van der Waals surface area contributed by atoms with Crippen molar-refractivity contribution in [2.75, 3.05) is 17.5 Å². The predicted molar refractivity (Wildman–Crippen MR) is 116 cm³/mol. The van der Waals surface area contributed by atoms with Gasteiger partial charge in [0.25, 0.3) is 10.0 Å². The summed E-state index contributed by atoms with van der Waals surface area (Å²) >= 11 is 0. The highest BCUT2D eigenvalue weighted by molar-refractivity contribution is 7.92. The number of nitrogens with zero attached hydrogens (tertiary/aromatic N) is 1. The lowest BCUT2D eigenvalue weighted by Crippen LogP contribution is -2.29. The van der Waals surface area contributed by atoms with Gasteiger partial charge in [0, 0.05) is 13.0 Å². The van der Waals surface area contributed by atoms with Crippen LogP contribution in [0.3, 0.4) is 0 Å². The van der Waals surface area contributed by atoms with E-state index in [4.69, 9.17) is 4.74 Å². The lowest BCUT2D eigenvalue weighted by atomic mass is 10.1. The molecule has 4 rings (SSSR count). The standard InChI is InChI=1S/C24H23NO4S/c1-18-7-10-22(11-8-18)30(27,28)25-15-13-21-17-19(9-12-23(21)25)14-16-29-24(26)20-5-3-2-4-6-20/h2-12,17H,13-16H2,1H3. The van der Waals surface area contributed by atoms with E-state index in [1.807, 2.05) is 43.3 Å². The SMILES string of the molecule is Cc1ccc(S(=O)(=O)N2CCc3cc(CCOC(=O)c4ccccc4)ccc32)cc1. The molecule has 1 aliphatic rings. The lowest BCUT2D eigenvalue weighted by molar-refractivity contribution is 0.0509. The number of hydrogen-bond acceptors (Lipinski definition) is 4. The second-order valence-corrected chi connectivity index (χ2v) is 9.22. The summed E-state index contributed by atoms with van der Waals surface area (Å²) in [5.74, 6) is -0.341. The van der Waals surface area contributed by atoms with Crippen LogP contribution in [0.15, 0.2) is 77.7 Å². The average Bonchev–Trinajstić information content (AvgIpc) is 3.19. The molecule has 0 aliphatic carbocycles. The molecular formula is C24H23NO4S. The number of aryl methyl sites for hydroxylation is 1. The molecule has 154 valence electrons. The Kier molecular flexibility index (Phi) is 5.59. The first-order valence-corrected chi connectivity index (χ1v) is 11.3. The van der Waals surface area contributed by atoms with Gasteiger partial charge in [0.2, 0.25) is 0 Å². The molecule has 0 fully saturated rings. The van der Waals surface area contributed by atoms with Gasteiger partial charge in [0.1, 0.15) is 0 Å². The molecule has 0 spiro atoms. The van der Waals surface area contributed by atoms with Crippen molar-refractivity contribution in [3.63, 3.8) is 0 Å². The molecule has 0 radical (unpaired) electrons. The van der Waals surface area contributed by atoms with Gasteiger partial charge in [-0.05, 0) is 54.8 Å². The highest BCUT2D eigenvalue weighted by atomic mass is 32.2. The van der Waals surface area contributed by atoms with Crippen LogP contribution in [0.4, 0.5) is 5.69 Å². The molecule has 0 unspecified atom stereocenters. The fourth-order valence-electron chi connectivity index (χ4n) is 3.59. The molecule has 0 atom stereocenters. The molecule has 1 aliphatic heterocycles. The van der Waals surface area contributed by atoms with E-state index >= 15 is 0 Å². The number of esters is 1. The van der Waals surface area contributed by atoms with Gasteiger partial charge in [-0.25, -0.2) is 13.2 Å². The molecule has 6 heteroatoms. The van der Waals surface area contributed by atoms with Crippen LogP contribution in [0.1, 0.15) is 27.0 Å². The summed E-state index contributed by atoms with van der Waals surface area (Å²) in [6, 6.07) is 21.6. The zero-order valence-electron chi connectivity index (χ0n) is 16.7. The van der Waals surface area contributed by atoms with Crippen molar-refractivity contribution in [2.24, 2.45) is 0 Å². The minimum absolute atomic E-state index is 0.276. The van der Waals surface area contributed by atoms with Crippen molar-refractivity contribution in [3.8, 4) is 0 Å². The number of fused-ring (bicyclic) bond motifs is 1. The van der Waals surface area contributed by atoms with Crippen LogP contribution < -0.4 is 4.31 Å². The number of carbonyl (C=O) groups excluding carboxylic acids is 1. The van der Waals surface area contributed by atoms with Gasteiger partial charge in [-0.3, -0.25) is 4.31 Å². The number of hydrogen-bond donors (Lipinski definition) is 0. The summed E-state index contributed by atoms with van der Waals surface area (Å²) in [6.07, 6.45) is 1.24. The summed E-state index contributed by atoms with van der Waals surface area (Å²) in [4.78, 5) is 12.3. The highest BCUT2D eigenvalue weighted by Gasteiger charge is 2.30. The van der Waals surface area contributed by atoms with Crippen LogP contribution >= 0.6 is 0 Å². The molecule has 0 amide bonds. The third-order valence-corrected chi connectivity index (χ3v) is 7.07. The van der Waals surface area contributed by atoms with Gasteiger partial charge in [-0.2, -0.15) is 0 Å². The number of anilines is 1. The van der Waals surface area contributed by atoms with Crippen molar-refractivity contribution in [1.82, 2.24) is 0 Å². The first-order chi connectivity index (χ1) is 14.4. The van der Waals surface area contributed by atoms with Gasteiger partial charge < -0.3 is 4.74 Å². The summed E-state index contributed by atoms with van der Waals surface area (Å²) in [5, 5.41) is 0. The largest absolute Gasteiger partial charge is 0.462 e. The molecule has 0 bridgehead atoms. The van der Waals surface area contributed by atoms with Gasteiger partial charge >= 0.3 is 5.97 Å². The van der Waals surface area contributed by atoms with E-state index < -0.39 is 10.0 Å². The first kappa shape index (κ1) is 20.2. The summed E-state index contributed by atoms with van der Waals surface area (Å²) in [5.41, 5.74) is 4.29. The third kappa shape index (κ3) is 4.09. The molecule has 3 aromatic rings. The monoisotopic (exact) mass is 421 g/mol. The van der Waals surface area contributed by atoms with Crippen molar-refractivity contribution in [1.29, 1.82) is 0 Å². The van der Waals surface area contributed by atoms with E-state index in [1.165, 1.54) is 4.31 Å². The Morgan fingerprint density at radius 3 is 2.47 bits per heavy atom. The van der Waals surface area contributed by atoms with Gasteiger partial charge in [0.15, 0.2) is 0 Å². The van der Waals surface area contributed by atoms with Crippen LogP contribution in [0.5, 0.6) is 0 Å². The van der Waals surface area contributed by atoms with E-state index in [-0.39, 0.29) is 12.6 Å². The number of carbonyl (C=O) groups is 1. The molecule has 3 aromatic carbocycles. The maximum absolute atomic E-state index is 13.0. The Morgan fingerprint density at radius 1 is 1.00 bits per heavy atom. The minimum Gasteiger partial charge on any atom is -0.462 e. The number of benzene rings is 3. The fourth-order valence-corrected chi connectivity index (χ4v) is 5.09. The average molecular weight is 422 g/mol. The van der Waals surface area contributed by atoms with Gasteiger partial charge in [-0.15, -0.1) is 0 Å². The van der Waals surface area contributed by atoms with Crippen LogP contribution in [0, 0.1) is 6.92 Å². The normalized spacial score (nSPS) is 13.2. The minimum atomic E-state index is -3.58. The number of rotatable bonds is 6. The van der Waals surface area contributed by atoms with E-state index in [0.29, 0.717) is 29.8 Å². The Labute approximate surface area is 177 Å². The third-order valence-electron chi connectivity index (χ3n) is 5.24. The predicted octanol–water partition coefficient (Wildman–Crippen LogP) is 4.15. The van der Waals surface area contributed by atoms with Crippen LogP contribution in [0.2, 0.25) is 0 Å². The Balaban J connectivity index is 1.43. The summed E-state index contributed by atoms with van der Waals surface area (Å²) in [6.45, 7) is 2.64. The number of ether oxygens (including phenoxy) is 1. The number of sulfonamides is 1. The summed E-state index contributed by atoms with van der Waals surface area (Å²) in [7, 11) is -3.58. The molecular weight excluding hydrogens is 398 g/mol. The van der Waals surface area contributed by atoms with E-state index in [0.717, 1.165) is 22.4 Å². The molecule has 1 heterocycles. The van der Waals surface area contributed by atoms with E-state index in [9.17, 15) is 13.2 Å². The Morgan fingerprint density at radius 2 is 1.73 bits per heavy atom. The van der Waals surface area contributed by atoms with Crippen molar-refractivity contribution < 1.29 is 17.9 Å². The molecule has 0 aromatic heterocycles. The van der Waals surface area contributed by atoms with Gasteiger partial charge in [0.05, 0.1) is 22.8 Å². The zero-order valence-corrected chi connectivity index (χ0v) is 17.6. The van der Waals surface area contributed by atoms with Gasteiger partial charge in [-0.1, -0.05) is 48.0 Å². The fraction of sp³-hybridized carbons (Fsp3) is 0.208. The maximum atomic E-state index is 13.0. The highest BCUT2D eigenvalue weighted by Crippen LogP contribution is 2.33. The molecule has 30 heavy (non-hydrogen) atoms. The molecule has 0 saturated carbocycles. The van der Waals surface area contributed by atoms with Crippen molar-refractivity contribution >= 4 is 21.7 Å². The van der Waals surface area contributed by atoms with Crippen LogP contribution in [0.25, 0.3) is 0 Å². The summed E-state index contributed by atoms with van der Waals surface area (Å²) < 4.78 is 32.9. The second-order valence-electron chi connectivity index (χ2n) is 7.36. The van der Waals surface area contributed by atoms with Crippen molar-refractivity contribution in [2.45, 2.75) is 24.7 Å². The maximum Gasteiger partial charge on any atom is 0.338 e. The first-order valence-electron chi connectivity index (χ1n) is 9.88. The van der Waals surface area contributed by atoms with Crippen molar-refractivity contribution in [3.05, 3.63) is 95.1 Å². The quantitative estimate of drug-likeness (QED) is 0.561. The second kappa shape index (κ2) is 8.32. The van der Waals surface area contributed by atoms with E-state index in [1.54, 1.807) is 36.4 Å². The van der Waals surface area contributed by atoms with Crippen LogP contribution in [-0.4, -0.2) is 27.5 Å². The molecule has 0 N–H and O–H groups in total. The zero-order chi connectivity index (χ0) is 21.1. The molecule has 0 saturated heterocycles. The smallest absolute Gasteiger partial charge is 0.338 e. The van der Waals surface area contributed by atoms with E-state index in [2.05, 4.69) is 0 Å². The Hall–Kier alpha value is -3.12. The van der Waals surface area contributed by atoms with Crippen LogP contribution in [-0.2, 0) is 27.6 Å². The lowest BCUT2D eigenvalue weighted by Gasteiger charge is -2.20. The molecule has 5 nitrogen and oxygen atoms in total. The topological polar surface area (TPSA) is 63.7 Å².